The summed E-state index contributed by atoms with van der Waals surface area (Å²) < 4.78 is 44.4. The van der Waals surface area contributed by atoms with Crippen molar-refractivity contribution in [2.24, 2.45) is 0 Å². The molecule has 0 unspecified atom stereocenters. The van der Waals surface area contributed by atoms with Crippen molar-refractivity contribution >= 4 is 35.1 Å². The van der Waals surface area contributed by atoms with Gasteiger partial charge < -0.3 is 19.9 Å². The van der Waals surface area contributed by atoms with Crippen molar-refractivity contribution < 1.29 is 22.7 Å². The minimum Gasteiger partial charge on any atom is -0.444 e. The number of piperazine rings is 1. The lowest BCUT2D eigenvalue weighted by Crippen LogP contribution is -2.55. The van der Waals surface area contributed by atoms with Gasteiger partial charge in [-0.3, -0.25) is 0 Å². The van der Waals surface area contributed by atoms with E-state index < -0.39 is 22.5 Å². The smallest absolute Gasteiger partial charge is 0.420 e. The van der Waals surface area contributed by atoms with Crippen LogP contribution in [0.2, 0.25) is 5.15 Å². The molecule has 190 valence electrons. The molecule has 8 nitrogen and oxygen atoms in total. The first-order chi connectivity index (χ1) is 16.3. The molecule has 1 amide bonds. The van der Waals surface area contributed by atoms with Gasteiger partial charge >= 0.3 is 12.3 Å². The molecule has 2 aromatic rings. The summed E-state index contributed by atoms with van der Waals surface area (Å²) in [5.41, 5.74) is -0.0111. The molecule has 0 aromatic carbocycles. The Morgan fingerprint density at radius 2 is 1.89 bits per heavy atom. The van der Waals surface area contributed by atoms with Crippen LogP contribution in [0, 0.1) is 0 Å². The number of amides is 1. The molecule has 2 aliphatic rings. The van der Waals surface area contributed by atoms with Crippen molar-refractivity contribution in [2.45, 2.75) is 64.3 Å². The van der Waals surface area contributed by atoms with Crippen molar-refractivity contribution in [2.75, 3.05) is 29.9 Å². The Morgan fingerprint density at radius 3 is 2.46 bits per heavy atom. The Morgan fingerprint density at radius 1 is 1.17 bits per heavy atom. The van der Waals surface area contributed by atoms with E-state index in [0.29, 0.717) is 37.4 Å². The van der Waals surface area contributed by atoms with Crippen molar-refractivity contribution in [3.63, 3.8) is 0 Å². The van der Waals surface area contributed by atoms with Crippen LogP contribution < -0.4 is 10.2 Å². The first-order valence-electron chi connectivity index (χ1n) is 11.4. The van der Waals surface area contributed by atoms with Gasteiger partial charge in [0.05, 0.1) is 11.9 Å². The van der Waals surface area contributed by atoms with Gasteiger partial charge in [0.2, 0.25) is 5.95 Å². The molecule has 1 aliphatic heterocycles. The highest BCUT2D eigenvalue weighted by atomic mass is 35.5. The zero-order chi connectivity index (χ0) is 25.5. The molecule has 0 bridgehead atoms. The quantitative estimate of drug-likeness (QED) is 0.533. The van der Waals surface area contributed by atoms with E-state index in [2.05, 4.69) is 25.2 Å². The highest BCUT2D eigenvalue weighted by molar-refractivity contribution is 6.30. The Bertz CT molecular complexity index is 1100. The van der Waals surface area contributed by atoms with Crippen molar-refractivity contribution in [3.8, 4) is 0 Å². The third-order valence-electron chi connectivity index (χ3n) is 5.81. The lowest BCUT2D eigenvalue weighted by Gasteiger charge is -2.40. The molecule has 2 fully saturated rings. The zero-order valence-corrected chi connectivity index (χ0v) is 20.7. The van der Waals surface area contributed by atoms with Crippen LogP contribution in [0.3, 0.4) is 0 Å². The number of alkyl halides is 3. The van der Waals surface area contributed by atoms with Crippen LogP contribution in [0.4, 0.5) is 35.4 Å². The monoisotopic (exact) mass is 512 g/mol. The van der Waals surface area contributed by atoms with Gasteiger partial charge in [0.15, 0.2) is 0 Å². The molecule has 1 saturated heterocycles. The van der Waals surface area contributed by atoms with E-state index in [0.717, 1.165) is 24.2 Å². The number of hydrogen-bond acceptors (Lipinski definition) is 7. The molecular formula is C23H28ClF3N6O2. The Labute approximate surface area is 206 Å². The second-order valence-corrected chi connectivity index (χ2v) is 10.3. The maximum Gasteiger partial charge on any atom is 0.420 e. The number of ether oxygens (including phenoxy) is 1. The van der Waals surface area contributed by atoms with Gasteiger partial charge in [-0.25, -0.2) is 19.7 Å². The number of carbonyl (C=O) groups is 1. The SMILES string of the molecule is C[C@@H]1CN(c2cc(C3CC3)c(Nc3ncc(C(F)(F)F)c(Cl)n3)cn2)CCN1C(=O)OC(C)(C)C. The van der Waals surface area contributed by atoms with Crippen LogP contribution in [0.25, 0.3) is 0 Å². The third kappa shape index (κ3) is 6.06. The largest absolute Gasteiger partial charge is 0.444 e. The minimum atomic E-state index is -4.62. The molecule has 0 spiro atoms. The highest BCUT2D eigenvalue weighted by Crippen LogP contribution is 2.45. The predicted molar refractivity (Wildman–Crippen MR) is 126 cm³/mol. The number of carbonyl (C=O) groups excluding carboxylic acids is 1. The summed E-state index contributed by atoms with van der Waals surface area (Å²) in [5, 5.41) is 2.31. The van der Waals surface area contributed by atoms with Gasteiger partial charge in [-0.2, -0.15) is 13.2 Å². The summed E-state index contributed by atoms with van der Waals surface area (Å²) in [6, 6.07) is 1.92. The average molecular weight is 513 g/mol. The number of pyridine rings is 1. The van der Waals surface area contributed by atoms with Gasteiger partial charge in [0, 0.05) is 31.9 Å². The standard InChI is InChI=1S/C23H28ClF3N6O2/c1-13-12-32(7-8-33(13)21(34)35-22(2,3)4)18-9-15(14-5-6-14)17(11-28-18)30-20-29-10-16(19(24)31-20)23(25,26)27/h9-11,13-14H,5-8,12H2,1-4H3,(H,29,30,31)/t13-/m1/s1. The first kappa shape index (κ1) is 25.3. The van der Waals surface area contributed by atoms with E-state index in [-0.39, 0.29) is 18.1 Å². The maximum absolute atomic E-state index is 12.9. The Balaban J connectivity index is 1.49. The van der Waals surface area contributed by atoms with E-state index in [9.17, 15) is 18.0 Å². The lowest BCUT2D eigenvalue weighted by molar-refractivity contribution is -0.137. The normalized spacial score (nSPS) is 19.0. The number of anilines is 3. The summed E-state index contributed by atoms with van der Waals surface area (Å²) >= 11 is 5.73. The molecule has 1 aliphatic carbocycles. The molecule has 2 aromatic heterocycles. The lowest BCUT2D eigenvalue weighted by atomic mass is 10.1. The van der Waals surface area contributed by atoms with E-state index >= 15 is 0 Å². The van der Waals surface area contributed by atoms with Crippen LogP contribution in [0.1, 0.15) is 57.6 Å². The van der Waals surface area contributed by atoms with Gasteiger partial charge in [0.25, 0.3) is 0 Å². The number of hydrogen-bond donors (Lipinski definition) is 1. The molecule has 1 atom stereocenters. The maximum atomic E-state index is 12.9. The predicted octanol–water partition coefficient (Wildman–Crippen LogP) is 5.61. The molecule has 0 radical (unpaired) electrons. The summed E-state index contributed by atoms with van der Waals surface area (Å²) in [7, 11) is 0. The van der Waals surface area contributed by atoms with Gasteiger partial charge in [0.1, 0.15) is 22.1 Å². The second kappa shape index (κ2) is 9.33. The third-order valence-corrected chi connectivity index (χ3v) is 6.10. The molecule has 12 heteroatoms. The fraction of sp³-hybridized carbons (Fsp3) is 0.565. The molecule has 1 saturated carbocycles. The van der Waals surface area contributed by atoms with Crippen LogP contribution in [0.5, 0.6) is 0 Å². The fourth-order valence-corrected chi connectivity index (χ4v) is 4.19. The number of rotatable bonds is 4. The first-order valence-corrected chi connectivity index (χ1v) is 11.8. The summed E-state index contributed by atoms with van der Waals surface area (Å²) in [6.07, 6.45) is -0.621. The molecule has 35 heavy (non-hydrogen) atoms. The van der Waals surface area contributed by atoms with Crippen LogP contribution in [-0.2, 0) is 10.9 Å². The fourth-order valence-electron chi connectivity index (χ4n) is 3.96. The molecule has 1 N–H and O–H groups in total. The van der Waals surface area contributed by atoms with Crippen LogP contribution >= 0.6 is 11.6 Å². The number of halogens is 4. The number of nitrogens with one attached hydrogen (secondary N) is 1. The van der Waals surface area contributed by atoms with Crippen LogP contribution in [-0.4, -0.2) is 57.2 Å². The highest BCUT2D eigenvalue weighted by Gasteiger charge is 2.35. The van der Waals surface area contributed by atoms with Crippen molar-refractivity contribution in [3.05, 3.63) is 34.7 Å². The Kier molecular flexibility index (Phi) is 6.74. The summed E-state index contributed by atoms with van der Waals surface area (Å²) in [4.78, 5) is 28.5. The Hall–Kier alpha value is -2.82. The van der Waals surface area contributed by atoms with Gasteiger partial charge in [-0.15, -0.1) is 0 Å². The van der Waals surface area contributed by atoms with Crippen molar-refractivity contribution in [1.29, 1.82) is 0 Å². The second-order valence-electron chi connectivity index (χ2n) is 9.89. The van der Waals surface area contributed by atoms with E-state index in [4.69, 9.17) is 16.3 Å². The van der Waals surface area contributed by atoms with Crippen LogP contribution in [0.15, 0.2) is 18.5 Å². The number of aromatic nitrogens is 3. The van der Waals surface area contributed by atoms with Crippen molar-refractivity contribution in [1.82, 2.24) is 19.9 Å². The van der Waals surface area contributed by atoms with E-state index in [1.165, 1.54) is 0 Å². The summed E-state index contributed by atoms with van der Waals surface area (Å²) in [5.74, 6) is 1.07. The molecule has 4 rings (SSSR count). The van der Waals surface area contributed by atoms with E-state index in [1.54, 1.807) is 11.1 Å². The topological polar surface area (TPSA) is 83.5 Å². The molecular weight excluding hydrogens is 485 g/mol. The van der Waals surface area contributed by atoms with Gasteiger partial charge in [-0.05, 0) is 58.1 Å². The minimum absolute atomic E-state index is 0.0287. The van der Waals surface area contributed by atoms with Gasteiger partial charge in [-0.1, -0.05) is 11.6 Å². The zero-order valence-electron chi connectivity index (χ0n) is 20.0. The molecule has 3 heterocycles. The summed E-state index contributed by atoms with van der Waals surface area (Å²) in [6.45, 7) is 9.21. The van der Waals surface area contributed by atoms with E-state index in [1.807, 2.05) is 33.8 Å². The number of nitrogens with zero attached hydrogens (tertiary/aromatic N) is 5. The average Bonchev–Trinajstić information content (AvgIpc) is 3.57.